The van der Waals surface area contributed by atoms with Gasteiger partial charge in [-0.15, -0.1) is 0 Å². The highest BCUT2D eigenvalue weighted by Gasteiger charge is 2.61. The molecule has 0 aromatic heterocycles. The van der Waals surface area contributed by atoms with Gasteiger partial charge in [-0.05, 0) is 0 Å². The van der Waals surface area contributed by atoms with E-state index in [4.69, 9.17) is 0 Å². The van der Waals surface area contributed by atoms with E-state index in [1.54, 1.807) is 0 Å². The lowest BCUT2D eigenvalue weighted by Gasteiger charge is -2.25. The average Bonchev–Trinajstić information content (AvgIpc) is 2.55. The molecule has 1 aromatic carbocycles. The summed E-state index contributed by atoms with van der Waals surface area (Å²) < 4.78 is 66.1. The third kappa shape index (κ3) is 3.66. The molecule has 1 aromatic rings. The number of nitro groups is 2. The zero-order valence-corrected chi connectivity index (χ0v) is 15.4. The third-order valence-corrected chi connectivity index (χ3v) is 6.04. The molecular formula is C10H8N4O14S2. The van der Waals surface area contributed by atoms with Crippen molar-refractivity contribution in [3.8, 4) is 0 Å². The number of nitro benzene ring substituents is 2. The van der Waals surface area contributed by atoms with Gasteiger partial charge in [0.15, 0.2) is 0 Å². The lowest BCUT2D eigenvalue weighted by Crippen LogP contribution is -2.52. The molecule has 1 aliphatic carbocycles. The van der Waals surface area contributed by atoms with E-state index in [2.05, 4.69) is 0 Å². The van der Waals surface area contributed by atoms with Crippen LogP contribution in [0.5, 0.6) is 0 Å². The van der Waals surface area contributed by atoms with E-state index in [1.807, 2.05) is 0 Å². The summed E-state index contributed by atoms with van der Waals surface area (Å²) in [4.78, 5) is 16.8. The van der Waals surface area contributed by atoms with Gasteiger partial charge < -0.3 is 10.4 Å². The Balaban J connectivity index is 3.32. The maximum atomic E-state index is 11.9. The first-order valence-electron chi connectivity index (χ1n) is 6.95. The lowest BCUT2D eigenvalue weighted by atomic mass is 9.86. The topological polar surface area (TPSA) is 288 Å². The number of benzene rings is 1. The minimum atomic E-state index is -5.83. The predicted molar refractivity (Wildman–Crippen MR) is 89.3 cm³/mol. The molecule has 0 aliphatic heterocycles. The number of hydrogen-bond donors (Lipinski definition) is 4. The molecule has 18 nitrogen and oxygen atoms in total. The number of hydrogen-bond acceptors (Lipinski definition) is 12. The highest BCUT2D eigenvalue weighted by Crippen LogP contribution is 2.42. The Morgan fingerprint density at radius 2 is 1.30 bits per heavy atom. The molecule has 0 saturated heterocycles. The first kappa shape index (κ1) is 22.7. The van der Waals surface area contributed by atoms with E-state index in [0.29, 0.717) is 0 Å². The van der Waals surface area contributed by atoms with Crippen LogP contribution < -0.4 is 0 Å². The van der Waals surface area contributed by atoms with Crippen molar-refractivity contribution < 1.29 is 56.0 Å². The Hall–Kier alpha value is -3.62. The summed E-state index contributed by atoms with van der Waals surface area (Å²) in [5, 5.41) is 57.8. The molecule has 0 heterocycles. The van der Waals surface area contributed by atoms with E-state index in [9.17, 15) is 67.0 Å². The molecule has 0 saturated carbocycles. The van der Waals surface area contributed by atoms with Crippen LogP contribution in [-0.2, 0) is 20.2 Å². The maximum Gasteiger partial charge on any atom is 0.290 e. The van der Waals surface area contributed by atoms with Gasteiger partial charge in [-0.3, -0.25) is 39.7 Å². The molecule has 2 unspecified atom stereocenters. The van der Waals surface area contributed by atoms with Crippen LogP contribution in [0.4, 0.5) is 11.4 Å². The largest absolute Gasteiger partial charge is 0.417 e. The molecule has 20 heteroatoms. The fourth-order valence-corrected chi connectivity index (χ4v) is 5.09. The Kier molecular flexibility index (Phi) is 5.30. The second-order valence-electron chi connectivity index (χ2n) is 5.59. The first-order valence-corrected chi connectivity index (χ1v) is 9.96. The van der Waals surface area contributed by atoms with Crippen molar-refractivity contribution in [1.29, 1.82) is 0 Å². The second-order valence-corrected chi connectivity index (χ2v) is 8.59. The fourth-order valence-electron chi connectivity index (χ4n) is 2.94. The standard InChI is InChI=1S/C10H8N4O14S2/c15-11(16)3-1-4-6(5(2-3)12(17)18)7(13(19)20)10(30(26,27)28)8(14(21)22)9(4)29(23,24)25/h1-2,9-10H,(H,19,20)(H,21,22)(H,23,24,25)(H,26,27,28). The van der Waals surface area contributed by atoms with Crippen molar-refractivity contribution in [3.05, 3.63) is 53.9 Å². The zero-order valence-electron chi connectivity index (χ0n) is 13.8. The van der Waals surface area contributed by atoms with Crippen LogP contribution in [0.1, 0.15) is 16.4 Å². The average molecular weight is 472 g/mol. The van der Waals surface area contributed by atoms with Gasteiger partial charge in [-0.25, -0.2) is 0 Å². The fraction of sp³-hybridized carbons (Fsp3) is 0.200. The number of nitrogens with zero attached hydrogens (tertiary/aromatic N) is 4. The molecule has 0 bridgehead atoms. The van der Waals surface area contributed by atoms with Gasteiger partial charge in [0.25, 0.3) is 48.3 Å². The molecule has 0 radical (unpaired) electrons. The normalized spacial score (nSPS) is 22.7. The van der Waals surface area contributed by atoms with Crippen molar-refractivity contribution in [2.75, 3.05) is 0 Å². The molecular weight excluding hydrogens is 464 g/mol. The number of rotatable bonds is 4. The van der Waals surface area contributed by atoms with Gasteiger partial charge >= 0.3 is 0 Å². The Morgan fingerprint density at radius 1 is 0.800 bits per heavy atom. The van der Waals surface area contributed by atoms with Crippen molar-refractivity contribution in [3.63, 3.8) is 0 Å². The molecule has 0 amide bonds. The molecule has 4 N–H and O–H groups in total. The van der Waals surface area contributed by atoms with Crippen LogP contribution in [0.25, 0.3) is 0 Å². The van der Waals surface area contributed by atoms with Crippen molar-refractivity contribution in [2.45, 2.75) is 10.5 Å². The number of non-ortho nitro benzene ring substituents is 1. The van der Waals surface area contributed by atoms with Crippen LogP contribution in [0.3, 0.4) is 0 Å². The quantitative estimate of drug-likeness (QED) is 0.131. The van der Waals surface area contributed by atoms with E-state index < -0.39 is 84.3 Å². The molecule has 2 atom stereocenters. The van der Waals surface area contributed by atoms with Gasteiger partial charge in [0.1, 0.15) is 5.56 Å². The molecule has 2 rings (SSSR count). The smallest absolute Gasteiger partial charge is 0.290 e. The second kappa shape index (κ2) is 7.01. The van der Waals surface area contributed by atoms with Crippen LogP contribution in [0.15, 0.2) is 12.1 Å². The molecule has 0 fully saturated rings. The highest BCUT2D eigenvalue weighted by atomic mass is 32.2. The summed E-state index contributed by atoms with van der Waals surface area (Å²) in [7, 11) is -11.6. The molecule has 30 heavy (non-hydrogen) atoms. The summed E-state index contributed by atoms with van der Waals surface area (Å²) in [5.74, 6) is 0. The predicted octanol–water partition coefficient (Wildman–Crippen LogP) is -1.27. The van der Waals surface area contributed by atoms with Crippen molar-refractivity contribution >= 4 is 43.0 Å². The summed E-state index contributed by atoms with van der Waals surface area (Å²) in [5.41, 5.74) is -9.04. The maximum absolute atomic E-state index is 11.9. The first-order chi connectivity index (χ1) is 13.5. The lowest BCUT2D eigenvalue weighted by molar-refractivity contribution is -0.730. The van der Waals surface area contributed by atoms with E-state index in [-0.39, 0.29) is 12.1 Å². The third-order valence-electron chi connectivity index (χ3n) is 3.89. The van der Waals surface area contributed by atoms with Crippen LogP contribution in [-0.4, -0.2) is 72.7 Å². The SMILES string of the molecule is O=[N+]([O-])c1cc2c(c([N+](=O)[O-])c1)/C(=[N+](\[O-])O)C(S(=O)(=O)O)/C(=[N+](\[O-])O)C2S(=O)(=O)O. The summed E-state index contributed by atoms with van der Waals surface area (Å²) in [6, 6.07) is 0.372. The Labute approximate surface area is 164 Å². The van der Waals surface area contributed by atoms with Gasteiger partial charge in [0.2, 0.25) is 5.25 Å². The van der Waals surface area contributed by atoms with Crippen LogP contribution in [0, 0.1) is 30.6 Å². The van der Waals surface area contributed by atoms with Crippen molar-refractivity contribution in [2.24, 2.45) is 0 Å². The minimum Gasteiger partial charge on any atom is -0.417 e. The number of fused-ring (bicyclic) bond motifs is 1. The van der Waals surface area contributed by atoms with Crippen LogP contribution >= 0.6 is 0 Å². The van der Waals surface area contributed by atoms with Gasteiger partial charge in [-0.1, -0.05) is 0 Å². The Morgan fingerprint density at radius 3 is 1.63 bits per heavy atom. The van der Waals surface area contributed by atoms with E-state index in [0.717, 1.165) is 0 Å². The van der Waals surface area contributed by atoms with Gasteiger partial charge in [-0.2, -0.15) is 16.8 Å². The van der Waals surface area contributed by atoms with E-state index in [1.165, 1.54) is 0 Å². The summed E-state index contributed by atoms with van der Waals surface area (Å²) in [6.45, 7) is 0. The molecule has 0 spiro atoms. The molecule has 164 valence electrons. The van der Waals surface area contributed by atoms with E-state index >= 15 is 0 Å². The summed E-state index contributed by atoms with van der Waals surface area (Å²) >= 11 is 0. The molecule has 1 aliphatic rings. The Bertz CT molecular complexity index is 1240. The van der Waals surface area contributed by atoms with Gasteiger partial charge in [0, 0.05) is 21.4 Å². The summed E-state index contributed by atoms with van der Waals surface area (Å²) in [6.07, 6.45) is 0. The van der Waals surface area contributed by atoms with Gasteiger partial charge in [0.05, 0.1) is 15.9 Å². The monoisotopic (exact) mass is 472 g/mol. The zero-order chi connectivity index (χ0) is 23.3. The minimum absolute atomic E-state index is 0.156. The van der Waals surface area contributed by atoms with Crippen LogP contribution in [0.2, 0.25) is 0 Å². The van der Waals surface area contributed by atoms with Crippen molar-refractivity contribution in [1.82, 2.24) is 0 Å². The highest BCUT2D eigenvalue weighted by molar-refractivity contribution is 7.89.